The molecule has 0 bridgehead atoms. The first kappa shape index (κ1) is 19.9. The Morgan fingerprint density at radius 3 is 2.22 bits per heavy atom. The number of rotatable bonds is 6. The van der Waals surface area contributed by atoms with Gasteiger partial charge in [-0.05, 0) is 33.9 Å². The van der Waals surface area contributed by atoms with Crippen LogP contribution in [0.1, 0.15) is 22.6 Å². The van der Waals surface area contributed by atoms with E-state index in [1.807, 2.05) is 60.7 Å². The van der Waals surface area contributed by atoms with Crippen molar-refractivity contribution < 1.29 is 19.4 Å². The number of hydrogen-bond acceptors (Lipinski definition) is 3. The third kappa shape index (κ3) is 3.60. The lowest BCUT2D eigenvalue weighted by atomic mass is 9.98. The number of alkyl carbamates (subject to hydrolysis) is 1. The van der Waals surface area contributed by atoms with Crippen LogP contribution >= 0.6 is 0 Å². The van der Waals surface area contributed by atoms with E-state index in [-0.39, 0.29) is 18.9 Å². The summed E-state index contributed by atoms with van der Waals surface area (Å²) in [6.45, 7) is 0.118. The van der Waals surface area contributed by atoms with E-state index < -0.39 is 18.1 Å². The van der Waals surface area contributed by atoms with Crippen LogP contribution in [0.3, 0.4) is 0 Å². The molecule has 0 unspecified atom stereocenters. The summed E-state index contributed by atoms with van der Waals surface area (Å²) < 4.78 is 5.48. The van der Waals surface area contributed by atoms with Crippen LogP contribution in [0.15, 0.2) is 79.0 Å². The third-order valence-corrected chi connectivity index (χ3v) is 6.02. The van der Waals surface area contributed by atoms with Crippen molar-refractivity contribution in [2.75, 3.05) is 6.61 Å². The number of ether oxygens (including phenoxy) is 1. The van der Waals surface area contributed by atoms with Gasteiger partial charge >= 0.3 is 12.1 Å². The van der Waals surface area contributed by atoms with Crippen molar-refractivity contribution >= 4 is 23.0 Å². The van der Waals surface area contributed by atoms with Gasteiger partial charge in [0.25, 0.3) is 0 Å². The minimum atomic E-state index is -1.36. The molecule has 0 aliphatic heterocycles. The Labute approximate surface area is 184 Å². The predicted molar refractivity (Wildman–Crippen MR) is 120 cm³/mol. The molecule has 3 aromatic carbocycles. The molecule has 2 N–H and O–H groups in total. The molecule has 6 heteroatoms. The highest BCUT2D eigenvalue weighted by Crippen LogP contribution is 2.44. The highest BCUT2D eigenvalue weighted by atomic mass is 16.5. The standard InChI is InChI=1S/C26H21N2O4/c29-25(30)24(13-16-14-27-23-12-6-5-7-17(16)23)28-26(31)32-15-22-20-10-3-1-8-18(20)19-9-2-4-11-21(19)22/h1-12,14,22,24,27H,13,15H2,(H,28,31)/t24-/m0/s1. The molecule has 1 aromatic heterocycles. The van der Waals surface area contributed by atoms with Gasteiger partial charge in [0.15, 0.2) is 0 Å². The van der Waals surface area contributed by atoms with Gasteiger partial charge in [-0.2, -0.15) is 0 Å². The maximum absolute atomic E-state index is 12.5. The maximum atomic E-state index is 12.5. The van der Waals surface area contributed by atoms with Crippen LogP contribution in [0.4, 0.5) is 4.79 Å². The van der Waals surface area contributed by atoms with Gasteiger partial charge in [-0.25, -0.2) is 14.7 Å². The lowest BCUT2D eigenvalue weighted by Crippen LogP contribution is -2.42. The normalized spacial score (nSPS) is 13.4. The number of aromatic nitrogens is 1. The van der Waals surface area contributed by atoms with E-state index in [0.29, 0.717) is 0 Å². The molecule has 159 valence electrons. The number of H-pyrrole nitrogens is 1. The average molecular weight is 425 g/mol. The molecule has 32 heavy (non-hydrogen) atoms. The van der Waals surface area contributed by atoms with Gasteiger partial charge in [-0.1, -0.05) is 66.7 Å². The van der Waals surface area contributed by atoms with Crippen LogP contribution in [0.5, 0.6) is 0 Å². The minimum absolute atomic E-state index is 0.0938. The summed E-state index contributed by atoms with van der Waals surface area (Å²) in [4.78, 5) is 27.3. The van der Waals surface area contributed by atoms with Crippen LogP contribution < -0.4 is 5.32 Å². The van der Waals surface area contributed by atoms with Crippen LogP contribution in [0.2, 0.25) is 0 Å². The van der Waals surface area contributed by atoms with E-state index in [1.54, 1.807) is 6.20 Å². The van der Waals surface area contributed by atoms with Gasteiger partial charge in [0.2, 0.25) is 0 Å². The molecule has 1 radical (unpaired) electrons. The van der Waals surface area contributed by atoms with Gasteiger partial charge in [0.1, 0.15) is 12.6 Å². The summed E-state index contributed by atoms with van der Waals surface area (Å²) in [5.41, 5.74) is 6.14. The Kier molecular flexibility index (Phi) is 5.11. The van der Waals surface area contributed by atoms with Crippen molar-refractivity contribution in [3.05, 3.63) is 95.7 Å². The predicted octanol–water partition coefficient (Wildman–Crippen LogP) is 4.57. The van der Waals surface area contributed by atoms with Gasteiger partial charge in [0, 0.05) is 29.4 Å². The molecule has 0 fully saturated rings. The molecule has 1 heterocycles. The lowest BCUT2D eigenvalue weighted by Gasteiger charge is -2.17. The number of benzene rings is 3. The van der Waals surface area contributed by atoms with Crippen LogP contribution in [-0.2, 0) is 21.1 Å². The number of para-hydroxylation sites is 1. The fourth-order valence-corrected chi connectivity index (χ4v) is 4.50. The topological polar surface area (TPSA) is 91.1 Å². The van der Waals surface area contributed by atoms with E-state index in [0.717, 1.165) is 38.7 Å². The van der Waals surface area contributed by atoms with Crippen LogP contribution in [0, 0.1) is 0 Å². The molecule has 5 rings (SSSR count). The van der Waals surface area contributed by atoms with Gasteiger partial charge < -0.3 is 15.0 Å². The maximum Gasteiger partial charge on any atom is 0.407 e. The largest absolute Gasteiger partial charge is 0.449 e. The zero-order valence-corrected chi connectivity index (χ0v) is 17.2. The fraction of sp³-hybridized carbons (Fsp3) is 0.154. The number of carbonyl (C=O) groups is 2. The van der Waals surface area contributed by atoms with E-state index in [2.05, 4.69) is 22.4 Å². The number of fused-ring (bicyclic) bond motifs is 4. The summed E-state index contributed by atoms with van der Waals surface area (Å²) >= 11 is 0. The molecule has 1 atom stereocenters. The van der Waals surface area contributed by atoms with E-state index in [4.69, 9.17) is 4.74 Å². The SMILES string of the molecule is [O]C(=O)[C@H](Cc1c[nH]c2ccccc12)NC(=O)OCC1c2ccccc2-c2ccccc21. The number of nitrogens with one attached hydrogen (secondary N) is 2. The molecule has 0 spiro atoms. The minimum Gasteiger partial charge on any atom is -0.449 e. The van der Waals surface area contributed by atoms with Crippen LogP contribution in [0.25, 0.3) is 22.0 Å². The molecule has 4 aromatic rings. The monoisotopic (exact) mass is 425 g/mol. The van der Waals surface area contributed by atoms with Crippen molar-refractivity contribution in [1.82, 2.24) is 10.3 Å². The van der Waals surface area contributed by atoms with Gasteiger partial charge in [-0.15, -0.1) is 0 Å². The molecule has 1 aliphatic rings. The second-order valence-corrected chi connectivity index (χ2v) is 7.91. The smallest absolute Gasteiger partial charge is 0.407 e. The Balaban J connectivity index is 1.28. The summed E-state index contributed by atoms with van der Waals surface area (Å²) in [5.74, 6) is -1.45. The molecular formula is C26H21N2O4. The second-order valence-electron chi connectivity index (χ2n) is 7.91. The van der Waals surface area contributed by atoms with Crippen LogP contribution in [-0.4, -0.2) is 29.7 Å². The molecule has 1 amide bonds. The number of carbonyl (C=O) groups excluding carboxylic acids is 2. The summed E-state index contributed by atoms with van der Waals surface area (Å²) in [6.07, 6.45) is 1.07. The summed E-state index contributed by atoms with van der Waals surface area (Å²) in [5, 5.41) is 15.1. The Morgan fingerprint density at radius 2 is 1.53 bits per heavy atom. The van der Waals surface area contributed by atoms with Crippen molar-refractivity contribution in [3.8, 4) is 11.1 Å². The second kappa shape index (κ2) is 8.23. The number of amides is 1. The molecule has 6 nitrogen and oxygen atoms in total. The highest BCUT2D eigenvalue weighted by Gasteiger charge is 2.30. The fourth-order valence-electron chi connectivity index (χ4n) is 4.50. The van der Waals surface area contributed by atoms with Crippen molar-refractivity contribution in [2.45, 2.75) is 18.4 Å². The lowest BCUT2D eigenvalue weighted by molar-refractivity contribution is -0.145. The average Bonchev–Trinajstić information content (AvgIpc) is 3.36. The Morgan fingerprint density at radius 1 is 0.906 bits per heavy atom. The van der Waals surface area contributed by atoms with Crippen molar-refractivity contribution in [3.63, 3.8) is 0 Å². The number of hydrogen-bond donors (Lipinski definition) is 2. The quantitative estimate of drug-likeness (QED) is 0.474. The summed E-state index contributed by atoms with van der Waals surface area (Å²) in [6, 6.07) is 22.5. The van der Waals surface area contributed by atoms with E-state index in [9.17, 15) is 14.7 Å². The first-order valence-corrected chi connectivity index (χ1v) is 10.5. The molecule has 1 aliphatic carbocycles. The Hall–Kier alpha value is -4.06. The first-order chi connectivity index (χ1) is 15.6. The van der Waals surface area contributed by atoms with Gasteiger partial charge in [0.05, 0.1) is 0 Å². The zero-order chi connectivity index (χ0) is 22.1. The van der Waals surface area contributed by atoms with E-state index in [1.165, 1.54) is 0 Å². The first-order valence-electron chi connectivity index (χ1n) is 10.5. The molecule has 0 saturated heterocycles. The Bertz CT molecular complexity index is 1260. The third-order valence-electron chi connectivity index (χ3n) is 6.02. The van der Waals surface area contributed by atoms with Crippen molar-refractivity contribution in [1.29, 1.82) is 0 Å². The molecular weight excluding hydrogens is 404 g/mol. The molecule has 0 saturated carbocycles. The number of aromatic amines is 1. The zero-order valence-electron chi connectivity index (χ0n) is 17.2. The van der Waals surface area contributed by atoms with Gasteiger partial charge in [-0.3, -0.25) is 0 Å². The highest BCUT2D eigenvalue weighted by molar-refractivity contribution is 5.85. The summed E-state index contributed by atoms with van der Waals surface area (Å²) in [7, 11) is 0. The van der Waals surface area contributed by atoms with E-state index >= 15 is 0 Å². The van der Waals surface area contributed by atoms with Crippen molar-refractivity contribution in [2.24, 2.45) is 0 Å².